The Morgan fingerprint density at radius 2 is 0.690 bits per heavy atom. The molecular weight excluding hydrogens is 744 g/mol. The van der Waals surface area contributed by atoms with Crippen LogP contribution >= 0.6 is 0 Å². The van der Waals surface area contributed by atoms with E-state index >= 15 is 0 Å². The maximum absolute atomic E-state index is 11.6. The van der Waals surface area contributed by atoms with Gasteiger partial charge in [0.05, 0.1) is 14.2 Å². The van der Waals surface area contributed by atoms with Gasteiger partial charge in [-0.05, 0) is 155 Å². The Kier molecular flexibility index (Phi) is 13.4. The number of methoxy groups -OCH3 is 2. The number of carboxylic acid groups (broad SMARTS) is 2. The van der Waals surface area contributed by atoms with E-state index in [0.29, 0.717) is 38.5 Å². The fourth-order valence-corrected chi connectivity index (χ4v) is 8.88. The van der Waals surface area contributed by atoms with Crippen LogP contribution in [0.2, 0.25) is 0 Å². The zero-order valence-corrected chi connectivity index (χ0v) is 36.3. The fourth-order valence-electron chi connectivity index (χ4n) is 8.88. The van der Waals surface area contributed by atoms with Crippen molar-refractivity contribution in [3.63, 3.8) is 0 Å². The Hall–Kier alpha value is -4.48. The zero-order valence-electron chi connectivity index (χ0n) is 36.3. The molecule has 4 unspecified atom stereocenters. The number of ether oxygens (including phenoxy) is 6. The molecule has 0 aliphatic carbocycles. The number of hydrogen-bond donors (Lipinski definition) is 2. The van der Waals surface area contributed by atoms with Gasteiger partial charge in [-0.2, -0.15) is 0 Å². The van der Waals surface area contributed by atoms with E-state index in [1.54, 1.807) is 0 Å². The van der Waals surface area contributed by atoms with Gasteiger partial charge in [0, 0.05) is 47.9 Å². The molecule has 0 bridgehead atoms. The van der Waals surface area contributed by atoms with Gasteiger partial charge in [0.15, 0.2) is 0 Å². The molecule has 58 heavy (non-hydrogen) atoms. The van der Waals surface area contributed by atoms with E-state index in [9.17, 15) is 19.2 Å². The van der Waals surface area contributed by atoms with Crippen LogP contribution in [0.3, 0.4) is 0 Å². The number of carboxylic acids is 2. The molecule has 4 aliphatic rings. The average Bonchev–Trinajstić information content (AvgIpc) is 3.19. The number of rotatable bonds is 12. The Balaban J connectivity index is 0.000000221. The van der Waals surface area contributed by atoms with Gasteiger partial charge in [-0.3, -0.25) is 19.2 Å². The predicted molar refractivity (Wildman–Crippen MR) is 217 cm³/mol. The molecule has 12 nitrogen and oxygen atoms in total. The predicted octanol–water partition coefficient (Wildman–Crippen LogP) is 8.58. The maximum Gasteiger partial charge on any atom is 0.305 e. The summed E-state index contributed by atoms with van der Waals surface area (Å²) in [4.78, 5) is 45.2. The average molecular weight is 809 g/mol. The first-order valence-corrected chi connectivity index (χ1v) is 20.8. The van der Waals surface area contributed by atoms with Crippen LogP contribution in [0.1, 0.15) is 149 Å². The molecule has 12 heteroatoms. The highest BCUT2D eigenvalue weighted by Crippen LogP contribution is 2.51. The molecule has 0 aromatic heterocycles. The molecule has 4 aliphatic heterocycles. The van der Waals surface area contributed by atoms with Gasteiger partial charge in [-0.1, -0.05) is 0 Å². The van der Waals surface area contributed by atoms with Crippen molar-refractivity contribution in [2.24, 2.45) is 0 Å². The van der Waals surface area contributed by atoms with Crippen molar-refractivity contribution in [2.45, 2.75) is 181 Å². The first-order chi connectivity index (χ1) is 27.1. The van der Waals surface area contributed by atoms with Gasteiger partial charge in [0.2, 0.25) is 0 Å². The molecule has 2 aromatic rings. The van der Waals surface area contributed by atoms with Crippen LogP contribution in [0.25, 0.3) is 0 Å². The minimum Gasteiger partial charge on any atom is -0.487 e. The summed E-state index contributed by atoms with van der Waals surface area (Å²) in [6.07, 6.45) is 9.88. The standard InChI is InChI=1S/C24H34O6.C22H30O6/c1-15-16(2)22-18(8-12-24(4,30-22)14-10-20(26)28-6)17-7-11-23(3,29-21(15)17)13-9-19(25)27-5;1-13-14(2)20-16(6-10-22(4,28-20)12-8-18(25)26)15-5-9-21(3,27-19(13)15)11-7-17(23)24/h7-14H2,1-6H3;5-12H2,1-4H3,(H,23,24)(H,25,26). The number of aliphatic carboxylic acids is 2. The molecule has 0 saturated heterocycles. The topological polar surface area (TPSA) is 164 Å². The molecule has 0 amide bonds. The van der Waals surface area contributed by atoms with E-state index in [0.717, 1.165) is 96.6 Å². The molecule has 0 fully saturated rings. The first kappa shape index (κ1) is 44.6. The molecule has 2 aromatic carbocycles. The molecule has 320 valence electrons. The van der Waals surface area contributed by atoms with Crippen LogP contribution in [-0.4, -0.2) is 70.7 Å². The number of hydrogen-bond acceptors (Lipinski definition) is 10. The number of benzene rings is 2. The van der Waals surface area contributed by atoms with Gasteiger partial charge in [0.1, 0.15) is 45.4 Å². The van der Waals surface area contributed by atoms with Crippen LogP contribution in [-0.2, 0) is 54.3 Å². The molecule has 0 saturated carbocycles. The van der Waals surface area contributed by atoms with Gasteiger partial charge in [-0.25, -0.2) is 0 Å². The van der Waals surface area contributed by atoms with E-state index in [-0.39, 0.29) is 36.0 Å². The van der Waals surface area contributed by atoms with E-state index in [1.807, 2.05) is 27.7 Å². The van der Waals surface area contributed by atoms with E-state index in [2.05, 4.69) is 27.7 Å². The second-order valence-electron chi connectivity index (χ2n) is 17.9. The van der Waals surface area contributed by atoms with Crippen LogP contribution in [0.4, 0.5) is 0 Å². The normalized spacial score (nSPS) is 25.3. The van der Waals surface area contributed by atoms with Gasteiger partial charge < -0.3 is 38.6 Å². The van der Waals surface area contributed by atoms with E-state index in [1.165, 1.54) is 36.5 Å². The molecule has 4 heterocycles. The van der Waals surface area contributed by atoms with Crippen molar-refractivity contribution in [3.8, 4) is 23.0 Å². The third-order valence-electron chi connectivity index (χ3n) is 13.2. The second-order valence-corrected chi connectivity index (χ2v) is 17.9. The van der Waals surface area contributed by atoms with E-state index < -0.39 is 23.1 Å². The second kappa shape index (κ2) is 17.4. The van der Waals surface area contributed by atoms with Gasteiger partial charge in [-0.15, -0.1) is 0 Å². The monoisotopic (exact) mass is 808 g/mol. The van der Waals surface area contributed by atoms with Crippen LogP contribution in [0.5, 0.6) is 23.0 Å². The third kappa shape index (κ3) is 9.85. The summed E-state index contributed by atoms with van der Waals surface area (Å²) in [6, 6.07) is 0. The molecule has 4 atom stereocenters. The lowest BCUT2D eigenvalue weighted by Gasteiger charge is -2.42. The largest absolute Gasteiger partial charge is 0.487 e. The Morgan fingerprint density at radius 1 is 0.466 bits per heavy atom. The third-order valence-corrected chi connectivity index (χ3v) is 13.2. The van der Waals surface area contributed by atoms with Crippen LogP contribution in [0, 0.1) is 27.7 Å². The lowest BCUT2D eigenvalue weighted by Crippen LogP contribution is -2.40. The van der Waals surface area contributed by atoms with Crippen molar-refractivity contribution in [2.75, 3.05) is 14.2 Å². The smallest absolute Gasteiger partial charge is 0.305 e. The van der Waals surface area contributed by atoms with Crippen molar-refractivity contribution in [3.05, 3.63) is 44.5 Å². The molecule has 0 radical (unpaired) electrons. The molecular formula is C46H64O12. The minimum atomic E-state index is -0.803. The Morgan fingerprint density at radius 3 is 0.897 bits per heavy atom. The Labute approximate surface area is 343 Å². The zero-order chi connectivity index (χ0) is 42.8. The quantitative estimate of drug-likeness (QED) is 0.197. The lowest BCUT2D eigenvalue weighted by atomic mass is 9.80. The highest BCUT2D eigenvalue weighted by atomic mass is 16.5. The SMILES string of the molecule is COC(=O)CCC1(C)CCc2c3c(c(C)c(C)c2O1)OC(C)(CCC(=O)OC)CC3.Cc1c(C)c2c(c3c1OC(C)(CCC(=O)O)CC3)CCC(C)(CCC(=O)O)O2. The number of fused-ring (bicyclic) bond motifs is 6. The minimum absolute atomic E-state index is 0.0971. The summed E-state index contributed by atoms with van der Waals surface area (Å²) in [5.41, 5.74) is 7.35. The summed E-state index contributed by atoms with van der Waals surface area (Å²) in [5, 5.41) is 18.1. The molecule has 0 spiro atoms. The summed E-state index contributed by atoms with van der Waals surface area (Å²) < 4.78 is 35.4. The first-order valence-electron chi connectivity index (χ1n) is 20.8. The summed E-state index contributed by atoms with van der Waals surface area (Å²) >= 11 is 0. The van der Waals surface area contributed by atoms with Crippen molar-refractivity contribution in [1.82, 2.24) is 0 Å². The Bertz CT molecular complexity index is 1800. The summed E-state index contributed by atoms with van der Waals surface area (Å²) in [6.45, 7) is 16.3. The highest BCUT2D eigenvalue weighted by Gasteiger charge is 2.42. The van der Waals surface area contributed by atoms with E-state index in [4.69, 9.17) is 38.6 Å². The molecule has 6 rings (SSSR count). The van der Waals surface area contributed by atoms with Crippen molar-refractivity contribution >= 4 is 23.9 Å². The maximum atomic E-state index is 11.6. The van der Waals surface area contributed by atoms with Crippen LogP contribution < -0.4 is 18.9 Å². The lowest BCUT2D eigenvalue weighted by molar-refractivity contribution is -0.142. The number of esters is 2. The van der Waals surface area contributed by atoms with Crippen LogP contribution in [0.15, 0.2) is 0 Å². The highest BCUT2D eigenvalue weighted by molar-refractivity contribution is 5.70. The number of carbonyl (C=O) groups excluding carboxylic acids is 2. The number of carbonyl (C=O) groups is 4. The van der Waals surface area contributed by atoms with Crippen molar-refractivity contribution in [1.29, 1.82) is 0 Å². The fraction of sp³-hybridized carbons (Fsp3) is 0.652. The van der Waals surface area contributed by atoms with Gasteiger partial charge >= 0.3 is 23.9 Å². The summed E-state index contributed by atoms with van der Waals surface area (Å²) in [5.74, 6) is 1.65. The molecule has 2 N–H and O–H groups in total. The van der Waals surface area contributed by atoms with Gasteiger partial charge in [0.25, 0.3) is 0 Å². The van der Waals surface area contributed by atoms with Crippen molar-refractivity contribution < 1.29 is 57.8 Å². The summed E-state index contributed by atoms with van der Waals surface area (Å²) in [7, 11) is 2.83.